The molecule has 4 rings (SSSR count). The van der Waals surface area contributed by atoms with Crippen molar-refractivity contribution >= 4 is 23.2 Å². The Labute approximate surface area is 270 Å². The van der Waals surface area contributed by atoms with Gasteiger partial charge in [0.25, 0.3) is 0 Å². The Morgan fingerprint density at radius 1 is 0.568 bits per heavy atom. The second-order valence-corrected chi connectivity index (χ2v) is 13.4. The van der Waals surface area contributed by atoms with E-state index in [0.717, 1.165) is 34.7 Å². The van der Waals surface area contributed by atoms with Gasteiger partial charge in [-0.2, -0.15) is 10.2 Å². The number of unbranched alkanes of at least 4 members (excludes halogenated alkanes) is 13. The molecule has 0 aliphatic carbocycles. The second kappa shape index (κ2) is 18.0. The summed E-state index contributed by atoms with van der Waals surface area (Å²) < 4.78 is 0. The third kappa shape index (κ3) is 9.23. The Morgan fingerprint density at radius 2 is 1.02 bits per heavy atom. The van der Waals surface area contributed by atoms with Crippen molar-refractivity contribution in [3.8, 4) is 11.5 Å². The van der Waals surface area contributed by atoms with Crippen LogP contribution in [-0.2, 0) is 5.41 Å². The largest absolute Gasteiger partial charge is 0.508 e. The van der Waals surface area contributed by atoms with Crippen molar-refractivity contribution in [1.29, 1.82) is 0 Å². The predicted molar refractivity (Wildman–Crippen MR) is 189 cm³/mol. The lowest BCUT2D eigenvalue weighted by Crippen LogP contribution is -2.41. The van der Waals surface area contributed by atoms with Crippen LogP contribution < -0.4 is 0 Å². The van der Waals surface area contributed by atoms with Crippen molar-refractivity contribution in [2.75, 3.05) is 5.75 Å². The zero-order valence-electron chi connectivity index (χ0n) is 26.9. The molecular weight excluding hydrogens is 561 g/mol. The molecule has 1 aliphatic rings. The van der Waals surface area contributed by atoms with Crippen molar-refractivity contribution in [2.45, 2.75) is 120 Å². The first kappa shape index (κ1) is 33.8. The van der Waals surface area contributed by atoms with Gasteiger partial charge in [-0.05, 0) is 95.9 Å². The van der Waals surface area contributed by atoms with Crippen molar-refractivity contribution in [1.82, 2.24) is 0 Å². The van der Waals surface area contributed by atoms with Crippen LogP contribution in [0.2, 0.25) is 0 Å². The van der Waals surface area contributed by atoms with Crippen LogP contribution in [0.1, 0.15) is 127 Å². The molecule has 0 spiro atoms. The van der Waals surface area contributed by atoms with Gasteiger partial charge in [-0.3, -0.25) is 0 Å². The molecule has 236 valence electrons. The summed E-state index contributed by atoms with van der Waals surface area (Å²) in [7, 11) is 0. The van der Waals surface area contributed by atoms with Gasteiger partial charge in [0.1, 0.15) is 11.5 Å². The van der Waals surface area contributed by atoms with Crippen molar-refractivity contribution in [2.24, 2.45) is 10.2 Å². The van der Waals surface area contributed by atoms with Crippen molar-refractivity contribution in [3.63, 3.8) is 0 Å². The van der Waals surface area contributed by atoms with E-state index in [-0.39, 0.29) is 11.5 Å². The summed E-state index contributed by atoms with van der Waals surface area (Å²) in [6, 6.07) is 23.4. The Balaban J connectivity index is 1.31. The highest BCUT2D eigenvalue weighted by Gasteiger charge is 2.46. The fourth-order valence-corrected chi connectivity index (χ4v) is 7.35. The maximum atomic E-state index is 9.93. The quantitative estimate of drug-likeness (QED) is 0.0985. The minimum atomic E-state index is -0.542. The van der Waals surface area contributed by atoms with Gasteiger partial charge in [-0.1, -0.05) is 109 Å². The second-order valence-electron chi connectivity index (χ2n) is 12.2. The van der Waals surface area contributed by atoms with Gasteiger partial charge in [0, 0.05) is 4.90 Å². The average Bonchev–Trinajstić information content (AvgIpc) is 3.44. The van der Waals surface area contributed by atoms with Crippen molar-refractivity contribution in [3.05, 3.63) is 89.5 Å². The van der Waals surface area contributed by atoms with Crippen molar-refractivity contribution < 1.29 is 10.2 Å². The molecule has 2 N–H and O–H groups in total. The average molecular weight is 613 g/mol. The minimum Gasteiger partial charge on any atom is -0.508 e. The number of nitrogens with zero attached hydrogens (tertiary/aromatic N) is 2. The van der Waals surface area contributed by atoms with E-state index in [1.165, 1.54) is 100 Å². The first-order chi connectivity index (χ1) is 21.6. The summed E-state index contributed by atoms with van der Waals surface area (Å²) in [6.07, 6.45) is 20.1. The Bertz CT molecular complexity index is 1270. The number of thioether (sulfide) groups is 1. The van der Waals surface area contributed by atoms with Crippen LogP contribution in [-0.4, -0.2) is 27.4 Å². The summed E-state index contributed by atoms with van der Waals surface area (Å²) in [4.78, 5) is 1.27. The van der Waals surface area contributed by atoms with Gasteiger partial charge in [0.15, 0.2) is 0 Å². The fourth-order valence-electron chi connectivity index (χ4n) is 6.38. The molecule has 44 heavy (non-hydrogen) atoms. The van der Waals surface area contributed by atoms with E-state index in [2.05, 4.69) is 38.1 Å². The number of hydrogen-bond acceptors (Lipinski definition) is 5. The summed E-state index contributed by atoms with van der Waals surface area (Å²) in [5.74, 6) is 1.59. The summed E-state index contributed by atoms with van der Waals surface area (Å²) in [6.45, 7) is 4.47. The Morgan fingerprint density at radius 3 is 1.48 bits per heavy atom. The molecule has 0 atom stereocenters. The van der Waals surface area contributed by atoms with Gasteiger partial charge in [0.05, 0.1) is 16.8 Å². The van der Waals surface area contributed by atoms with E-state index in [1.807, 2.05) is 36.0 Å². The highest BCUT2D eigenvalue weighted by Crippen LogP contribution is 2.42. The number of hydrogen-bond donors (Lipinski definition) is 2. The number of phenols is 2. The Hall–Kier alpha value is -3.05. The van der Waals surface area contributed by atoms with E-state index in [4.69, 9.17) is 10.2 Å². The molecule has 4 nitrogen and oxygen atoms in total. The molecular formula is C39H52N2O2S. The summed E-state index contributed by atoms with van der Waals surface area (Å²) in [5, 5.41) is 29.4. The third-order valence-electron chi connectivity index (χ3n) is 8.96. The molecule has 0 radical (unpaired) electrons. The van der Waals surface area contributed by atoms with E-state index in [0.29, 0.717) is 0 Å². The molecule has 1 aliphatic heterocycles. The molecule has 0 bridgehead atoms. The monoisotopic (exact) mass is 612 g/mol. The fraction of sp³-hybridized carbons (Fsp3) is 0.487. The highest BCUT2D eigenvalue weighted by atomic mass is 32.2. The lowest BCUT2D eigenvalue weighted by molar-refractivity contribution is 0.475. The van der Waals surface area contributed by atoms with Crippen LogP contribution in [0.3, 0.4) is 0 Å². The van der Waals surface area contributed by atoms with Crippen LogP contribution in [0.25, 0.3) is 0 Å². The lowest BCUT2D eigenvalue weighted by Gasteiger charge is -2.32. The van der Waals surface area contributed by atoms with Crippen LogP contribution >= 0.6 is 11.8 Å². The summed E-state index contributed by atoms with van der Waals surface area (Å²) >= 11 is 1.94. The Kier molecular flexibility index (Phi) is 13.9. The molecule has 3 aromatic rings. The normalized spacial score (nSPS) is 14.0. The van der Waals surface area contributed by atoms with Gasteiger partial charge in [0.2, 0.25) is 0 Å². The number of rotatable bonds is 20. The predicted octanol–water partition coefficient (Wildman–Crippen LogP) is 11.2. The zero-order valence-corrected chi connectivity index (χ0v) is 27.8. The van der Waals surface area contributed by atoms with Gasteiger partial charge >= 0.3 is 0 Å². The number of phenolic OH excluding ortho intramolecular Hbond substituents is 2. The minimum absolute atomic E-state index is 0.232. The summed E-state index contributed by atoms with van der Waals surface area (Å²) in [5.41, 5.74) is 4.29. The molecule has 5 heteroatoms. The number of benzene rings is 3. The van der Waals surface area contributed by atoms with Gasteiger partial charge in [-0.15, -0.1) is 11.8 Å². The smallest absolute Gasteiger partial charge is 0.115 e. The first-order valence-electron chi connectivity index (χ1n) is 17.1. The van der Waals surface area contributed by atoms with Crippen LogP contribution in [0, 0.1) is 0 Å². The van der Waals surface area contributed by atoms with Gasteiger partial charge in [-0.25, -0.2) is 0 Å². The SMILES string of the molecule is CCCCCCCCCCCCCCCCSc1cccc(C2(CC)C(c3ccc(O)cc3)=NN=C2c2ccc(O)cc2)c1. The molecule has 0 aromatic heterocycles. The highest BCUT2D eigenvalue weighted by molar-refractivity contribution is 7.99. The standard InChI is InChI=1S/C39H52N2O2S/c1-3-5-6-7-8-9-10-11-12-13-14-15-16-17-29-44-36-20-18-19-33(30-36)39(4-2)37(31-21-25-34(42)26-22-31)40-41-38(39)32-23-27-35(43)28-24-32/h18-28,30,42-43H,3-17,29H2,1-2H3. The molecule has 0 fully saturated rings. The molecule has 0 amide bonds. The molecule has 1 heterocycles. The van der Waals surface area contributed by atoms with Crippen LogP contribution in [0.4, 0.5) is 0 Å². The molecule has 0 saturated carbocycles. The third-order valence-corrected chi connectivity index (χ3v) is 10.0. The van der Waals surface area contributed by atoms with Gasteiger partial charge < -0.3 is 10.2 Å². The molecule has 0 unspecified atom stereocenters. The first-order valence-corrected chi connectivity index (χ1v) is 18.1. The number of aromatic hydroxyl groups is 2. The lowest BCUT2D eigenvalue weighted by atomic mass is 9.67. The zero-order chi connectivity index (χ0) is 31.0. The van der Waals surface area contributed by atoms with E-state index in [9.17, 15) is 10.2 Å². The topological polar surface area (TPSA) is 65.2 Å². The maximum Gasteiger partial charge on any atom is 0.115 e. The maximum absolute atomic E-state index is 9.93. The van der Waals surface area contributed by atoms with Crippen LogP contribution in [0.5, 0.6) is 11.5 Å². The van der Waals surface area contributed by atoms with E-state index >= 15 is 0 Å². The van der Waals surface area contributed by atoms with Crippen LogP contribution in [0.15, 0.2) is 87.9 Å². The molecule has 3 aromatic carbocycles. The van der Waals surface area contributed by atoms with E-state index < -0.39 is 5.41 Å². The van der Waals surface area contributed by atoms with E-state index in [1.54, 1.807) is 24.3 Å². The molecule has 0 saturated heterocycles.